The average molecular weight is 400 g/mol. The molecule has 0 aromatic carbocycles. The Hall–Kier alpha value is 1.31. The molecule has 0 aromatic heterocycles. The maximum absolute atomic E-state index is 8.67. The molecule has 0 N–H and O–H groups in total. The fourth-order valence-corrected chi connectivity index (χ4v) is 0. The molecule has 0 atom stereocenters. The summed E-state index contributed by atoms with van der Waals surface area (Å²) in [5.41, 5.74) is 0. The summed E-state index contributed by atoms with van der Waals surface area (Å²) in [6.07, 6.45) is 0. The molecule has 0 aliphatic heterocycles. The van der Waals surface area contributed by atoms with Crippen LogP contribution in [0.25, 0.3) is 0 Å². The van der Waals surface area contributed by atoms with Crippen LogP contribution in [0.2, 0.25) is 0 Å². The van der Waals surface area contributed by atoms with Crippen molar-refractivity contribution in [1.82, 2.24) is 0 Å². The van der Waals surface area contributed by atoms with Gasteiger partial charge in [0.25, 0.3) is 0 Å². The first-order valence-corrected chi connectivity index (χ1v) is 7.47. The van der Waals surface area contributed by atoms with Crippen LogP contribution in [-0.2, 0) is 31.9 Å². The van der Waals surface area contributed by atoms with Gasteiger partial charge in [0, 0.05) is 0 Å². The van der Waals surface area contributed by atoms with Gasteiger partial charge in [0.15, 0.2) is 0 Å². The maximum atomic E-state index is 8.67. The Morgan fingerprint density at radius 2 is 0.714 bits per heavy atom. The van der Waals surface area contributed by atoms with Crippen LogP contribution in [0.15, 0.2) is 0 Å². The molecule has 7 heavy (non-hydrogen) atoms. The van der Waals surface area contributed by atoms with Crippen LogP contribution in [0.4, 0.5) is 0 Å². The summed E-state index contributed by atoms with van der Waals surface area (Å²) in [5, 5.41) is 0. The van der Waals surface area contributed by atoms with Gasteiger partial charge in [-0.25, -0.2) is 0 Å². The summed E-state index contributed by atoms with van der Waals surface area (Å²) >= 11 is -8.05. The third-order valence-corrected chi connectivity index (χ3v) is 0. The van der Waals surface area contributed by atoms with E-state index in [0.717, 1.165) is 0 Å². The molecular weight excluding hydrogens is 398 g/mol. The molecule has 0 aliphatic carbocycles. The van der Waals surface area contributed by atoms with Crippen molar-refractivity contribution in [2.24, 2.45) is 0 Å². The van der Waals surface area contributed by atoms with Gasteiger partial charge in [-0.05, 0) is 0 Å². The second kappa shape index (κ2) is 2.28. The van der Waals surface area contributed by atoms with E-state index in [2.05, 4.69) is 0 Å². The van der Waals surface area contributed by atoms with Gasteiger partial charge >= 0.3 is 80.8 Å². The Bertz CT molecular complexity index is 278. The van der Waals surface area contributed by atoms with Crippen molar-refractivity contribution in [3.05, 3.63) is 0 Å². The first-order chi connectivity index (χ1) is 2.24. The molecule has 0 rings (SSSR count). The zero-order valence-corrected chi connectivity index (χ0v) is 5.70. The number of rotatable bonds is 0. The normalized spacial score (nSPS) is 8.57. The predicted octanol–water partition coefficient (Wildman–Crippen LogP) is -1.51. The van der Waals surface area contributed by atoms with Gasteiger partial charge in [0.05, 0.1) is 0 Å². The molecule has 39 valence electrons. The minimum atomic E-state index is -8.05. The summed E-state index contributed by atoms with van der Waals surface area (Å²) in [5.74, 6) is 0. The SMILES string of the molecule is [BaH2].[O]=[Ta](=[O])(=[O])(=[O])=[O]. The zero-order valence-electron chi connectivity index (χ0n) is 2.49. The first kappa shape index (κ1) is 11.2. The molecule has 0 radical (unpaired) electrons. The molecule has 0 aliphatic rings. The van der Waals surface area contributed by atoms with E-state index in [1.54, 1.807) is 0 Å². The van der Waals surface area contributed by atoms with Crippen molar-refractivity contribution in [2.75, 3.05) is 0 Å². The van der Waals surface area contributed by atoms with E-state index in [-0.39, 0.29) is 48.9 Å². The monoisotopic (exact) mass is 401 g/mol. The topological polar surface area (TPSA) is 85.3 Å². The summed E-state index contributed by atoms with van der Waals surface area (Å²) in [6.45, 7) is 0. The Morgan fingerprint density at radius 1 is 0.714 bits per heavy atom. The van der Waals surface area contributed by atoms with Crippen molar-refractivity contribution in [3.8, 4) is 0 Å². The molecule has 5 nitrogen and oxygen atoms in total. The van der Waals surface area contributed by atoms with Crippen LogP contribution in [-0.4, -0.2) is 48.9 Å². The second-order valence-corrected chi connectivity index (χ2v) is 6.10. The standard InChI is InChI=1S/Ba.5O.Ta.2H. The summed E-state index contributed by atoms with van der Waals surface area (Å²) < 4.78 is 43.4. The Labute approximate surface area is 79.2 Å². The zero-order chi connectivity index (χ0) is 5.45. The molecule has 0 aromatic rings. The van der Waals surface area contributed by atoms with Crippen molar-refractivity contribution < 1.29 is 31.9 Å². The van der Waals surface area contributed by atoms with Gasteiger partial charge < -0.3 is 0 Å². The molecule has 0 fully saturated rings. The van der Waals surface area contributed by atoms with Crippen molar-refractivity contribution >= 4 is 48.9 Å². The fourth-order valence-electron chi connectivity index (χ4n) is 0. The Balaban J connectivity index is 0. The van der Waals surface area contributed by atoms with Crippen LogP contribution in [0.5, 0.6) is 0 Å². The van der Waals surface area contributed by atoms with Gasteiger partial charge in [0.1, 0.15) is 0 Å². The van der Waals surface area contributed by atoms with E-state index in [9.17, 15) is 0 Å². The molecule has 0 heterocycles. The van der Waals surface area contributed by atoms with Crippen LogP contribution < -0.4 is 0 Å². The summed E-state index contributed by atoms with van der Waals surface area (Å²) in [4.78, 5) is 0. The third kappa shape index (κ3) is 120. The van der Waals surface area contributed by atoms with Crippen molar-refractivity contribution in [2.45, 2.75) is 0 Å². The molecular formula is H2BaO5Ta. The molecule has 0 spiro atoms. The quantitative estimate of drug-likeness (QED) is 0.462. The predicted molar refractivity (Wildman–Crippen MR) is 12.0 cm³/mol. The first-order valence-electron chi connectivity index (χ1n) is 0.913. The Kier molecular flexibility index (Phi) is 3.63. The van der Waals surface area contributed by atoms with Crippen LogP contribution in [0, 0.1) is 0 Å². The van der Waals surface area contributed by atoms with Crippen LogP contribution in [0.3, 0.4) is 0 Å². The van der Waals surface area contributed by atoms with Gasteiger partial charge in [-0.2, -0.15) is 0 Å². The summed E-state index contributed by atoms with van der Waals surface area (Å²) in [7, 11) is 0. The number of hydrogen-bond acceptors (Lipinski definition) is 5. The third-order valence-electron chi connectivity index (χ3n) is 0. The van der Waals surface area contributed by atoms with E-state index in [1.165, 1.54) is 0 Å². The van der Waals surface area contributed by atoms with Gasteiger partial charge in [0.2, 0.25) is 0 Å². The van der Waals surface area contributed by atoms with Gasteiger partial charge in [-0.15, -0.1) is 0 Å². The van der Waals surface area contributed by atoms with E-state index >= 15 is 0 Å². The number of hydrogen-bond donors (Lipinski definition) is 0. The van der Waals surface area contributed by atoms with Crippen molar-refractivity contribution in [1.29, 1.82) is 0 Å². The van der Waals surface area contributed by atoms with Gasteiger partial charge in [-0.3, -0.25) is 0 Å². The molecule has 0 unspecified atom stereocenters. The second-order valence-electron chi connectivity index (χ2n) is 0.745. The van der Waals surface area contributed by atoms with E-state index in [4.69, 9.17) is 16.3 Å². The molecule has 0 bridgehead atoms. The molecule has 0 saturated heterocycles. The Morgan fingerprint density at radius 3 is 0.714 bits per heavy atom. The fraction of sp³-hybridized carbons (Fsp3) is 0. The molecule has 0 saturated carbocycles. The summed E-state index contributed by atoms with van der Waals surface area (Å²) in [6, 6.07) is 0. The minimum absolute atomic E-state index is 0. The van der Waals surface area contributed by atoms with Crippen molar-refractivity contribution in [3.63, 3.8) is 0 Å². The average Bonchev–Trinajstić information content (AvgIpc) is 0.650. The van der Waals surface area contributed by atoms with E-state index in [0.29, 0.717) is 0 Å². The van der Waals surface area contributed by atoms with Crippen LogP contribution in [0.1, 0.15) is 0 Å². The van der Waals surface area contributed by atoms with E-state index in [1.807, 2.05) is 0 Å². The van der Waals surface area contributed by atoms with E-state index < -0.39 is 15.7 Å². The van der Waals surface area contributed by atoms with Gasteiger partial charge in [-0.1, -0.05) is 0 Å². The molecule has 0 amide bonds. The van der Waals surface area contributed by atoms with Crippen LogP contribution >= 0.6 is 0 Å². The molecule has 7 heteroatoms.